The zero-order valence-corrected chi connectivity index (χ0v) is 6.14. The van der Waals surface area contributed by atoms with Gasteiger partial charge in [0.25, 0.3) is 0 Å². The van der Waals surface area contributed by atoms with E-state index in [0.717, 1.165) is 13.1 Å². The molecule has 1 fully saturated rings. The van der Waals surface area contributed by atoms with Gasteiger partial charge in [-0.1, -0.05) is 12.2 Å². The first-order valence-corrected chi connectivity index (χ1v) is 4.07. The van der Waals surface area contributed by atoms with Gasteiger partial charge in [0.05, 0.1) is 0 Å². The third kappa shape index (κ3) is 1.22. The van der Waals surface area contributed by atoms with Gasteiger partial charge in [-0.15, -0.1) is 0 Å². The fraction of sp³-hybridized carbons (Fsp3) is 0.750. The molecule has 0 spiro atoms. The molecule has 2 heterocycles. The maximum absolute atomic E-state index is 3.59. The summed E-state index contributed by atoms with van der Waals surface area (Å²) in [6, 6.07) is 1.38. The van der Waals surface area contributed by atoms with Crippen molar-refractivity contribution in [1.29, 1.82) is 0 Å². The standard InChI is InChI=1S/C8H14N2/c1-2-4-8-6-9-5-7(3-1)10-8/h1-2,7-10H,3-6H2. The van der Waals surface area contributed by atoms with Crippen molar-refractivity contribution in [3.8, 4) is 0 Å². The predicted octanol–water partition coefficient (Wildman–Crippen LogP) is 0.266. The summed E-state index contributed by atoms with van der Waals surface area (Å²) in [5.74, 6) is 0. The Morgan fingerprint density at radius 3 is 2.20 bits per heavy atom. The summed E-state index contributed by atoms with van der Waals surface area (Å²) in [5, 5.41) is 7.01. The molecule has 2 N–H and O–H groups in total. The second-order valence-corrected chi connectivity index (χ2v) is 3.16. The van der Waals surface area contributed by atoms with Crippen LogP contribution in [-0.4, -0.2) is 25.2 Å². The van der Waals surface area contributed by atoms with Gasteiger partial charge in [0, 0.05) is 25.2 Å². The molecule has 0 saturated carbocycles. The molecule has 2 unspecified atom stereocenters. The molecule has 0 amide bonds. The van der Waals surface area contributed by atoms with Crippen LogP contribution < -0.4 is 10.6 Å². The minimum Gasteiger partial charge on any atom is -0.314 e. The van der Waals surface area contributed by atoms with E-state index in [9.17, 15) is 0 Å². The van der Waals surface area contributed by atoms with Crippen LogP contribution in [0.1, 0.15) is 12.8 Å². The van der Waals surface area contributed by atoms with E-state index in [0.29, 0.717) is 12.1 Å². The maximum Gasteiger partial charge on any atom is 0.0230 e. The van der Waals surface area contributed by atoms with Gasteiger partial charge in [0.1, 0.15) is 0 Å². The highest BCUT2D eigenvalue weighted by Gasteiger charge is 2.19. The van der Waals surface area contributed by atoms with Crippen molar-refractivity contribution in [3.63, 3.8) is 0 Å². The number of rotatable bonds is 0. The fourth-order valence-electron chi connectivity index (χ4n) is 1.71. The van der Waals surface area contributed by atoms with Crippen LogP contribution >= 0.6 is 0 Å². The molecule has 56 valence electrons. The zero-order chi connectivity index (χ0) is 6.81. The van der Waals surface area contributed by atoms with Crippen molar-refractivity contribution in [2.45, 2.75) is 24.9 Å². The molecule has 2 rings (SSSR count). The smallest absolute Gasteiger partial charge is 0.0230 e. The van der Waals surface area contributed by atoms with Crippen molar-refractivity contribution in [1.82, 2.24) is 10.6 Å². The van der Waals surface area contributed by atoms with Gasteiger partial charge >= 0.3 is 0 Å². The topological polar surface area (TPSA) is 24.1 Å². The lowest BCUT2D eigenvalue weighted by Gasteiger charge is -2.29. The maximum atomic E-state index is 3.59. The van der Waals surface area contributed by atoms with Gasteiger partial charge in [-0.25, -0.2) is 0 Å². The third-order valence-electron chi connectivity index (χ3n) is 2.26. The van der Waals surface area contributed by atoms with E-state index in [1.54, 1.807) is 0 Å². The van der Waals surface area contributed by atoms with E-state index < -0.39 is 0 Å². The second-order valence-electron chi connectivity index (χ2n) is 3.16. The quantitative estimate of drug-likeness (QED) is 0.469. The Labute approximate surface area is 61.7 Å². The number of nitrogens with one attached hydrogen (secondary N) is 2. The van der Waals surface area contributed by atoms with E-state index in [4.69, 9.17) is 0 Å². The minimum atomic E-state index is 0.692. The third-order valence-corrected chi connectivity index (χ3v) is 2.26. The highest BCUT2D eigenvalue weighted by molar-refractivity contribution is 4.98. The molecule has 1 saturated heterocycles. The molecule has 2 aliphatic heterocycles. The monoisotopic (exact) mass is 138 g/mol. The predicted molar refractivity (Wildman–Crippen MR) is 42.0 cm³/mol. The lowest BCUT2D eigenvalue weighted by atomic mass is 10.1. The number of fused-ring (bicyclic) bond motifs is 2. The number of piperazine rings is 1. The summed E-state index contributed by atoms with van der Waals surface area (Å²) >= 11 is 0. The molecular weight excluding hydrogens is 124 g/mol. The fourth-order valence-corrected chi connectivity index (χ4v) is 1.71. The average molecular weight is 138 g/mol. The van der Waals surface area contributed by atoms with Crippen molar-refractivity contribution in [2.24, 2.45) is 0 Å². The molecule has 2 heteroatoms. The lowest BCUT2D eigenvalue weighted by molar-refractivity contribution is 0.348. The minimum absolute atomic E-state index is 0.692. The van der Waals surface area contributed by atoms with Crippen molar-refractivity contribution in [3.05, 3.63) is 12.2 Å². The Bertz CT molecular complexity index is 128. The van der Waals surface area contributed by atoms with Gasteiger partial charge in [0.15, 0.2) is 0 Å². The number of hydrogen-bond acceptors (Lipinski definition) is 2. The van der Waals surface area contributed by atoms with Gasteiger partial charge in [-0.3, -0.25) is 0 Å². The van der Waals surface area contributed by atoms with E-state index in [-0.39, 0.29) is 0 Å². The van der Waals surface area contributed by atoms with E-state index in [1.165, 1.54) is 12.8 Å². The van der Waals surface area contributed by atoms with Crippen LogP contribution in [0.15, 0.2) is 12.2 Å². The van der Waals surface area contributed by atoms with Crippen LogP contribution in [0, 0.1) is 0 Å². The van der Waals surface area contributed by atoms with Crippen molar-refractivity contribution >= 4 is 0 Å². The zero-order valence-electron chi connectivity index (χ0n) is 6.14. The Hall–Kier alpha value is -0.340. The second kappa shape index (κ2) is 2.72. The Morgan fingerprint density at radius 1 is 1.00 bits per heavy atom. The highest BCUT2D eigenvalue weighted by atomic mass is 15.1. The number of hydrogen-bond donors (Lipinski definition) is 2. The normalized spacial score (nSPS) is 39.2. The molecule has 0 radical (unpaired) electrons. The molecule has 2 atom stereocenters. The van der Waals surface area contributed by atoms with E-state index in [1.807, 2.05) is 0 Å². The van der Waals surface area contributed by atoms with Gasteiger partial charge in [-0.05, 0) is 12.8 Å². The molecule has 0 aromatic rings. The van der Waals surface area contributed by atoms with E-state index in [2.05, 4.69) is 22.8 Å². The molecule has 0 aliphatic carbocycles. The van der Waals surface area contributed by atoms with Crippen LogP contribution in [-0.2, 0) is 0 Å². The summed E-state index contributed by atoms with van der Waals surface area (Å²) in [4.78, 5) is 0. The summed E-state index contributed by atoms with van der Waals surface area (Å²) in [5.41, 5.74) is 0. The molecule has 2 nitrogen and oxygen atoms in total. The molecule has 0 aromatic carbocycles. The summed E-state index contributed by atoms with van der Waals surface area (Å²) < 4.78 is 0. The SMILES string of the molecule is C1=CCC2CNCC(C1)N2. The molecule has 0 aromatic heterocycles. The first kappa shape index (κ1) is 6.38. The van der Waals surface area contributed by atoms with Crippen LogP contribution in [0.4, 0.5) is 0 Å². The average Bonchev–Trinajstić information content (AvgIpc) is 2.12. The van der Waals surface area contributed by atoms with Crippen LogP contribution in [0.25, 0.3) is 0 Å². The van der Waals surface area contributed by atoms with Crippen molar-refractivity contribution in [2.75, 3.05) is 13.1 Å². The largest absolute Gasteiger partial charge is 0.314 e. The van der Waals surface area contributed by atoms with Gasteiger partial charge < -0.3 is 10.6 Å². The Kier molecular flexibility index (Phi) is 1.74. The first-order chi connectivity index (χ1) is 4.95. The first-order valence-electron chi connectivity index (χ1n) is 4.07. The lowest BCUT2D eigenvalue weighted by Crippen LogP contribution is -2.53. The summed E-state index contributed by atoms with van der Waals surface area (Å²) in [7, 11) is 0. The van der Waals surface area contributed by atoms with Crippen LogP contribution in [0.3, 0.4) is 0 Å². The van der Waals surface area contributed by atoms with Crippen LogP contribution in [0.2, 0.25) is 0 Å². The molecule has 10 heavy (non-hydrogen) atoms. The van der Waals surface area contributed by atoms with Gasteiger partial charge in [0.2, 0.25) is 0 Å². The van der Waals surface area contributed by atoms with E-state index >= 15 is 0 Å². The molecular formula is C8H14N2. The van der Waals surface area contributed by atoms with Crippen molar-refractivity contribution < 1.29 is 0 Å². The molecule has 2 aliphatic rings. The summed E-state index contributed by atoms with van der Waals surface area (Å²) in [6.45, 7) is 2.28. The Morgan fingerprint density at radius 2 is 1.60 bits per heavy atom. The highest BCUT2D eigenvalue weighted by Crippen LogP contribution is 2.08. The van der Waals surface area contributed by atoms with Gasteiger partial charge in [-0.2, -0.15) is 0 Å². The van der Waals surface area contributed by atoms with Crippen LogP contribution in [0.5, 0.6) is 0 Å². The molecule has 2 bridgehead atoms. The summed E-state index contributed by atoms with van der Waals surface area (Å²) in [6.07, 6.45) is 6.99. The Balaban J connectivity index is 2.03.